The van der Waals surface area contributed by atoms with Crippen LogP contribution in [0.15, 0.2) is 4.99 Å². The van der Waals surface area contributed by atoms with Crippen molar-refractivity contribution in [3.8, 4) is 0 Å². The first-order chi connectivity index (χ1) is 8.11. The smallest absolute Gasteiger partial charge is 0.157 e. The number of nitrogens with zero attached hydrogens (tertiary/aromatic N) is 2. The van der Waals surface area contributed by atoms with Gasteiger partial charge in [-0.1, -0.05) is 18.7 Å². The number of thioether (sulfide) groups is 1. The number of nitrogens with one attached hydrogen (secondary N) is 1. The molecule has 2 rings (SSSR count). The number of hydrogen-bond donors (Lipinski definition) is 1. The van der Waals surface area contributed by atoms with Crippen molar-refractivity contribution in [2.45, 2.75) is 38.6 Å². The Hall–Kier alpha value is -0.220. The van der Waals surface area contributed by atoms with Crippen molar-refractivity contribution in [1.29, 1.82) is 0 Å². The van der Waals surface area contributed by atoms with Gasteiger partial charge in [0.15, 0.2) is 5.17 Å². The molecule has 0 aromatic carbocycles. The van der Waals surface area contributed by atoms with Crippen molar-refractivity contribution in [1.82, 2.24) is 10.2 Å². The van der Waals surface area contributed by atoms with E-state index in [1.165, 1.54) is 37.5 Å². The van der Waals surface area contributed by atoms with Crippen LogP contribution in [0.1, 0.15) is 33.1 Å². The van der Waals surface area contributed by atoms with Crippen LogP contribution < -0.4 is 5.32 Å². The maximum Gasteiger partial charge on any atom is 0.157 e. The SMILES string of the molecule is CCC1(C)CSC(=NCC2CCCN(C)C2)N1. The molecule has 2 aliphatic heterocycles. The molecule has 0 aromatic rings. The highest BCUT2D eigenvalue weighted by molar-refractivity contribution is 8.14. The van der Waals surface area contributed by atoms with Crippen LogP contribution in [0.3, 0.4) is 0 Å². The average Bonchev–Trinajstić information content (AvgIpc) is 2.70. The third-order valence-corrected chi connectivity index (χ3v) is 5.22. The Balaban J connectivity index is 1.81. The normalized spacial score (nSPS) is 37.4. The van der Waals surface area contributed by atoms with Gasteiger partial charge in [-0.3, -0.25) is 4.99 Å². The maximum absolute atomic E-state index is 4.77. The fourth-order valence-electron chi connectivity index (χ4n) is 2.47. The molecule has 2 atom stereocenters. The summed E-state index contributed by atoms with van der Waals surface area (Å²) in [4.78, 5) is 7.20. The van der Waals surface area contributed by atoms with Gasteiger partial charge in [-0.25, -0.2) is 0 Å². The van der Waals surface area contributed by atoms with Gasteiger partial charge in [0.25, 0.3) is 0 Å². The van der Waals surface area contributed by atoms with E-state index in [0.29, 0.717) is 0 Å². The second-order valence-electron chi connectivity index (χ2n) is 5.74. The van der Waals surface area contributed by atoms with E-state index < -0.39 is 0 Å². The molecule has 2 aliphatic rings. The summed E-state index contributed by atoms with van der Waals surface area (Å²) in [5.41, 5.74) is 0.271. The summed E-state index contributed by atoms with van der Waals surface area (Å²) in [5, 5.41) is 4.74. The maximum atomic E-state index is 4.77. The molecular weight excluding hydrogens is 230 g/mol. The van der Waals surface area contributed by atoms with E-state index in [2.05, 4.69) is 31.1 Å². The molecule has 2 unspecified atom stereocenters. The molecule has 98 valence electrons. The third-order valence-electron chi connectivity index (χ3n) is 3.93. The Labute approximate surface area is 109 Å². The summed E-state index contributed by atoms with van der Waals surface area (Å²) < 4.78 is 0. The van der Waals surface area contributed by atoms with Crippen molar-refractivity contribution in [3.63, 3.8) is 0 Å². The summed E-state index contributed by atoms with van der Waals surface area (Å²) in [6.45, 7) is 8.00. The first kappa shape index (κ1) is 13.2. The predicted molar refractivity (Wildman–Crippen MR) is 76.8 cm³/mol. The van der Waals surface area contributed by atoms with Crippen LogP contribution in [-0.4, -0.2) is 48.0 Å². The van der Waals surface area contributed by atoms with Gasteiger partial charge in [0.1, 0.15) is 0 Å². The first-order valence-electron chi connectivity index (χ1n) is 6.75. The van der Waals surface area contributed by atoms with Crippen LogP contribution in [0.5, 0.6) is 0 Å². The molecule has 4 heteroatoms. The van der Waals surface area contributed by atoms with Crippen molar-refractivity contribution < 1.29 is 0 Å². The van der Waals surface area contributed by atoms with Gasteiger partial charge in [0, 0.05) is 24.4 Å². The minimum Gasteiger partial charge on any atom is -0.359 e. The largest absolute Gasteiger partial charge is 0.359 e. The zero-order valence-corrected chi connectivity index (χ0v) is 12.1. The average molecular weight is 255 g/mol. The van der Waals surface area contributed by atoms with Crippen LogP contribution in [0, 0.1) is 5.92 Å². The monoisotopic (exact) mass is 255 g/mol. The summed E-state index contributed by atoms with van der Waals surface area (Å²) in [6.07, 6.45) is 3.85. The summed E-state index contributed by atoms with van der Waals surface area (Å²) in [7, 11) is 2.22. The van der Waals surface area contributed by atoms with Crippen molar-refractivity contribution in [3.05, 3.63) is 0 Å². The van der Waals surface area contributed by atoms with Crippen molar-refractivity contribution in [2.24, 2.45) is 10.9 Å². The minimum absolute atomic E-state index is 0.271. The van der Waals surface area contributed by atoms with E-state index in [4.69, 9.17) is 4.99 Å². The number of rotatable bonds is 3. The standard InChI is InChI=1S/C13H25N3S/c1-4-13(2)10-17-12(15-13)14-8-11-6-5-7-16(3)9-11/h11H,4-10H2,1-3H3,(H,14,15). The summed E-state index contributed by atoms with van der Waals surface area (Å²) in [6, 6.07) is 0. The van der Waals surface area contributed by atoms with Gasteiger partial charge in [-0.05, 0) is 45.7 Å². The number of amidine groups is 1. The van der Waals surface area contributed by atoms with Crippen LogP contribution >= 0.6 is 11.8 Å². The lowest BCUT2D eigenvalue weighted by molar-refractivity contribution is 0.214. The van der Waals surface area contributed by atoms with E-state index in [9.17, 15) is 0 Å². The highest BCUT2D eigenvalue weighted by atomic mass is 32.2. The zero-order chi connectivity index (χ0) is 12.3. The Morgan fingerprint density at radius 3 is 3.06 bits per heavy atom. The Bertz CT molecular complexity index is 292. The third kappa shape index (κ3) is 3.62. The lowest BCUT2D eigenvalue weighted by Gasteiger charge is -2.28. The van der Waals surface area contributed by atoms with Crippen LogP contribution in [-0.2, 0) is 0 Å². The van der Waals surface area contributed by atoms with Gasteiger partial charge >= 0.3 is 0 Å². The van der Waals surface area contributed by atoms with Gasteiger partial charge in [0.05, 0.1) is 0 Å². The molecule has 0 saturated carbocycles. The van der Waals surface area contributed by atoms with Gasteiger partial charge in [0.2, 0.25) is 0 Å². The van der Waals surface area contributed by atoms with Crippen molar-refractivity contribution >= 4 is 16.9 Å². The highest BCUT2D eigenvalue weighted by Crippen LogP contribution is 2.26. The van der Waals surface area contributed by atoms with Gasteiger partial charge < -0.3 is 10.2 Å². The zero-order valence-electron chi connectivity index (χ0n) is 11.3. The van der Waals surface area contributed by atoms with E-state index in [1.54, 1.807) is 0 Å². The Morgan fingerprint density at radius 2 is 2.41 bits per heavy atom. The Morgan fingerprint density at radius 1 is 1.59 bits per heavy atom. The quantitative estimate of drug-likeness (QED) is 0.838. The van der Waals surface area contributed by atoms with Gasteiger partial charge in [-0.15, -0.1) is 0 Å². The highest BCUT2D eigenvalue weighted by Gasteiger charge is 2.30. The second kappa shape index (κ2) is 5.61. The molecule has 17 heavy (non-hydrogen) atoms. The van der Waals surface area contributed by atoms with Crippen LogP contribution in [0.2, 0.25) is 0 Å². The second-order valence-corrected chi connectivity index (χ2v) is 6.71. The van der Waals surface area contributed by atoms with E-state index in [0.717, 1.165) is 18.2 Å². The first-order valence-corrected chi connectivity index (χ1v) is 7.74. The Kier molecular flexibility index (Phi) is 4.36. The lowest BCUT2D eigenvalue weighted by atomic mass is 9.99. The molecule has 0 aliphatic carbocycles. The molecule has 2 saturated heterocycles. The molecule has 2 heterocycles. The number of piperidine rings is 1. The van der Waals surface area contributed by atoms with E-state index in [-0.39, 0.29) is 5.54 Å². The van der Waals surface area contributed by atoms with Crippen LogP contribution in [0.25, 0.3) is 0 Å². The summed E-state index contributed by atoms with van der Waals surface area (Å²) >= 11 is 1.89. The number of aliphatic imine (C=N–C) groups is 1. The molecule has 2 fully saturated rings. The molecule has 3 nitrogen and oxygen atoms in total. The van der Waals surface area contributed by atoms with Gasteiger partial charge in [-0.2, -0.15) is 0 Å². The molecule has 1 N–H and O–H groups in total. The van der Waals surface area contributed by atoms with E-state index in [1.807, 2.05) is 11.8 Å². The molecule has 0 radical (unpaired) electrons. The lowest BCUT2D eigenvalue weighted by Crippen LogP contribution is -2.40. The van der Waals surface area contributed by atoms with Crippen molar-refractivity contribution in [2.75, 3.05) is 32.4 Å². The topological polar surface area (TPSA) is 27.6 Å². The predicted octanol–water partition coefficient (Wildman–Crippen LogP) is 2.19. The molecule has 0 aromatic heterocycles. The minimum atomic E-state index is 0.271. The number of hydrogen-bond acceptors (Lipinski definition) is 3. The van der Waals surface area contributed by atoms with E-state index >= 15 is 0 Å². The molecule has 0 spiro atoms. The fourth-order valence-corrected chi connectivity index (χ4v) is 3.68. The fraction of sp³-hybridized carbons (Fsp3) is 0.923. The number of likely N-dealkylation sites (tertiary alicyclic amines) is 1. The molecular formula is C13H25N3S. The van der Waals surface area contributed by atoms with Crippen LogP contribution in [0.4, 0.5) is 0 Å². The molecule has 0 bridgehead atoms. The summed E-state index contributed by atoms with van der Waals surface area (Å²) in [5.74, 6) is 1.92. The molecule has 0 amide bonds.